The SMILES string of the molecule is CC(C)(C)C(=O)Nc1nc(Cc2nc(-c3ccc(O)cc3)no2)cs1. The molecule has 0 fully saturated rings. The molecule has 1 amide bonds. The standard InChI is InChI=1S/C17H18N4O3S/c1-17(2,3)15(23)20-16-18-11(9-25-16)8-13-19-14(21-24-13)10-4-6-12(22)7-5-10/h4-7,9,22H,8H2,1-3H3,(H,18,20,23). The van der Waals surface area contributed by atoms with Crippen LogP contribution >= 0.6 is 11.3 Å². The lowest BCUT2D eigenvalue weighted by atomic mass is 9.96. The Morgan fingerprint density at radius 3 is 2.64 bits per heavy atom. The Morgan fingerprint density at radius 2 is 1.96 bits per heavy atom. The highest BCUT2D eigenvalue weighted by Gasteiger charge is 2.22. The van der Waals surface area contributed by atoms with Gasteiger partial charge in [0.15, 0.2) is 5.13 Å². The smallest absolute Gasteiger partial charge is 0.233 e. The van der Waals surface area contributed by atoms with Crippen molar-refractivity contribution in [3.63, 3.8) is 0 Å². The minimum absolute atomic E-state index is 0.0826. The third-order valence-electron chi connectivity index (χ3n) is 3.38. The first kappa shape index (κ1) is 17.1. The van der Waals surface area contributed by atoms with E-state index in [2.05, 4.69) is 20.4 Å². The summed E-state index contributed by atoms with van der Waals surface area (Å²) in [7, 11) is 0. The van der Waals surface area contributed by atoms with Gasteiger partial charge in [0.05, 0.1) is 12.1 Å². The zero-order valence-corrected chi connectivity index (χ0v) is 14.9. The fourth-order valence-electron chi connectivity index (χ4n) is 1.94. The molecule has 0 saturated heterocycles. The maximum absolute atomic E-state index is 12.0. The third-order valence-corrected chi connectivity index (χ3v) is 4.19. The van der Waals surface area contributed by atoms with Gasteiger partial charge >= 0.3 is 0 Å². The minimum Gasteiger partial charge on any atom is -0.508 e. The van der Waals surface area contributed by atoms with Crippen LogP contribution in [0.5, 0.6) is 5.75 Å². The Balaban J connectivity index is 1.67. The van der Waals surface area contributed by atoms with Gasteiger partial charge in [-0.05, 0) is 24.3 Å². The molecule has 2 aromatic heterocycles. The van der Waals surface area contributed by atoms with E-state index in [1.54, 1.807) is 24.3 Å². The molecule has 0 spiro atoms. The fourth-order valence-corrected chi connectivity index (χ4v) is 2.64. The van der Waals surface area contributed by atoms with Crippen LogP contribution in [-0.4, -0.2) is 26.1 Å². The summed E-state index contributed by atoms with van der Waals surface area (Å²) in [6.07, 6.45) is 0.382. The number of aromatic hydroxyl groups is 1. The van der Waals surface area contributed by atoms with Gasteiger partial charge in [0.1, 0.15) is 5.75 Å². The molecule has 0 saturated carbocycles. The van der Waals surface area contributed by atoms with Crippen molar-refractivity contribution in [2.45, 2.75) is 27.2 Å². The van der Waals surface area contributed by atoms with Crippen molar-refractivity contribution in [1.29, 1.82) is 0 Å². The van der Waals surface area contributed by atoms with Crippen LogP contribution in [0, 0.1) is 5.41 Å². The first-order chi connectivity index (χ1) is 11.8. The normalized spacial score (nSPS) is 11.5. The van der Waals surface area contributed by atoms with E-state index >= 15 is 0 Å². The number of hydrogen-bond donors (Lipinski definition) is 2. The van der Waals surface area contributed by atoms with E-state index in [0.29, 0.717) is 23.3 Å². The van der Waals surface area contributed by atoms with Crippen molar-refractivity contribution in [3.8, 4) is 17.1 Å². The van der Waals surface area contributed by atoms with Gasteiger partial charge in [-0.2, -0.15) is 4.98 Å². The monoisotopic (exact) mass is 358 g/mol. The Kier molecular flexibility index (Phi) is 4.54. The molecule has 25 heavy (non-hydrogen) atoms. The lowest BCUT2D eigenvalue weighted by Gasteiger charge is -2.15. The maximum Gasteiger partial charge on any atom is 0.233 e. The molecule has 1 aromatic carbocycles. The summed E-state index contributed by atoms with van der Waals surface area (Å²) in [5.74, 6) is 0.981. The summed E-state index contributed by atoms with van der Waals surface area (Å²) in [5, 5.41) is 18.5. The first-order valence-electron chi connectivity index (χ1n) is 7.69. The molecule has 0 radical (unpaired) electrons. The molecule has 3 rings (SSSR count). The number of carbonyl (C=O) groups excluding carboxylic acids is 1. The van der Waals surface area contributed by atoms with Crippen LogP contribution in [0.15, 0.2) is 34.2 Å². The number of thiazole rings is 1. The highest BCUT2D eigenvalue weighted by atomic mass is 32.1. The van der Waals surface area contributed by atoms with E-state index < -0.39 is 5.41 Å². The van der Waals surface area contributed by atoms with Crippen molar-refractivity contribution in [2.24, 2.45) is 5.41 Å². The fraction of sp³-hybridized carbons (Fsp3) is 0.294. The third kappa shape index (κ3) is 4.21. The summed E-state index contributed by atoms with van der Waals surface area (Å²) in [4.78, 5) is 20.7. The molecule has 3 aromatic rings. The molecule has 2 heterocycles. The van der Waals surface area contributed by atoms with Crippen LogP contribution < -0.4 is 5.32 Å². The lowest BCUT2D eigenvalue weighted by molar-refractivity contribution is -0.123. The summed E-state index contributed by atoms with van der Waals surface area (Å²) in [6, 6.07) is 6.56. The zero-order valence-electron chi connectivity index (χ0n) is 14.1. The van der Waals surface area contributed by atoms with Crippen molar-refractivity contribution < 1.29 is 14.4 Å². The quantitative estimate of drug-likeness (QED) is 0.740. The largest absolute Gasteiger partial charge is 0.508 e. The molecular weight excluding hydrogens is 340 g/mol. The molecule has 0 aliphatic carbocycles. The average Bonchev–Trinajstić information content (AvgIpc) is 3.17. The average molecular weight is 358 g/mol. The number of nitrogens with one attached hydrogen (secondary N) is 1. The molecule has 7 nitrogen and oxygen atoms in total. The molecular formula is C17H18N4O3S. The van der Waals surface area contributed by atoms with Gasteiger partial charge in [0.2, 0.25) is 17.6 Å². The maximum atomic E-state index is 12.0. The number of benzene rings is 1. The number of anilines is 1. The van der Waals surface area contributed by atoms with Gasteiger partial charge in [0.25, 0.3) is 0 Å². The summed E-state index contributed by atoms with van der Waals surface area (Å²) < 4.78 is 5.25. The van der Waals surface area contributed by atoms with Gasteiger partial charge in [-0.1, -0.05) is 25.9 Å². The van der Waals surface area contributed by atoms with Crippen LogP contribution in [0.3, 0.4) is 0 Å². The van der Waals surface area contributed by atoms with Crippen molar-refractivity contribution in [3.05, 3.63) is 41.2 Å². The predicted molar refractivity (Wildman–Crippen MR) is 94.4 cm³/mol. The van der Waals surface area contributed by atoms with Crippen molar-refractivity contribution in [2.75, 3.05) is 5.32 Å². The van der Waals surface area contributed by atoms with E-state index in [0.717, 1.165) is 11.3 Å². The Labute approximate surface area is 148 Å². The van der Waals surface area contributed by atoms with Crippen LogP contribution in [0.1, 0.15) is 32.4 Å². The minimum atomic E-state index is -0.475. The van der Waals surface area contributed by atoms with E-state index in [4.69, 9.17) is 4.52 Å². The van der Waals surface area contributed by atoms with Crippen LogP contribution in [0.2, 0.25) is 0 Å². The van der Waals surface area contributed by atoms with Gasteiger partial charge in [0, 0.05) is 16.4 Å². The number of amides is 1. The van der Waals surface area contributed by atoms with Crippen molar-refractivity contribution in [1.82, 2.24) is 15.1 Å². The van der Waals surface area contributed by atoms with E-state index in [1.807, 2.05) is 26.2 Å². The molecule has 0 bridgehead atoms. The summed E-state index contributed by atoms with van der Waals surface area (Å²) >= 11 is 1.36. The molecule has 0 aliphatic heterocycles. The number of hydrogen-bond acceptors (Lipinski definition) is 7. The second kappa shape index (κ2) is 6.64. The van der Waals surface area contributed by atoms with E-state index in [-0.39, 0.29) is 11.7 Å². The number of aromatic nitrogens is 3. The van der Waals surface area contributed by atoms with E-state index in [9.17, 15) is 9.90 Å². The Bertz CT molecular complexity index is 878. The van der Waals surface area contributed by atoms with Crippen LogP contribution in [0.25, 0.3) is 11.4 Å². The first-order valence-corrected chi connectivity index (χ1v) is 8.57. The van der Waals surface area contributed by atoms with Crippen LogP contribution in [0.4, 0.5) is 5.13 Å². The van der Waals surface area contributed by atoms with Gasteiger partial charge < -0.3 is 14.9 Å². The second-order valence-electron chi connectivity index (χ2n) is 6.58. The number of phenolic OH excluding ortho intramolecular Hbond substituents is 1. The number of carbonyl (C=O) groups is 1. The van der Waals surface area contributed by atoms with E-state index in [1.165, 1.54) is 11.3 Å². The Hall–Kier alpha value is -2.74. The lowest BCUT2D eigenvalue weighted by Crippen LogP contribution is -2.27. The van der Waals surface area contributed by atoms with Gasteiger partial charge in [-0.15, -0.1) is 11.3 Å². The highest BCUT2D eigenvalue weighted by Crippen LogP contribution is 2.23. The zero-order chi connectivity index (χ0) is 18.0. The summed E-state index contributed by atoms with van der Waals surface area (Å²) in [6.45, 7) is 5.54. The van der Waals surface area contributed by atoms with Gasteiger partial charge in [-0.3, -0.25) is 4.79 Å². The summed E-state index contributed by atoms with van der Waals surface area (Å²) in [5.41, 5.74) is 1.02. The number of phenols is 1. The second-order valence-corrected chi connectivity index (χ2v) is 7.44. The number of nitrogens with zero attached hydrogens (tertiary/aromatic N) is 3. The van der Waals surface area contributed by atoms with Gasteiger partial charge in [-0.25, -0.2) is 4.98 Å². The molecule has 130 valence electrons. The number of rotatable bonds is 4. The molecule has 2 N–H and O–H groups in total. The topological polar surface area (TPSA) is 101 Å². The highest BCUT2D eigenvalue weighted by molar-refractivity contribution is 7.13. The molecule has 8 heteroatoms. The van der Waals surface area contributed by atoms with Crippen molar-refractivity contribution >= 4 is 22.4 Å². The molecule has 0 unspecified atom stereocenters. The molecule has 0 atom stereocenters. The molecule has 0 aliphatic rings. The van der Waals surface area contributed by atoms with Crippen LogP contribution in [-0.2, 0) is 11.2 Å². The Morgan fingerprint density at radius 1 is 1.24 bits per heavy atom. The predicted octanol–water partition coefficient (Wildman–Crippen LogP) is 3.47.